The molecule has 2 aromatic carbocycles. The molecule has 1 fully saturated rings. The molecule has 0 bridgehead atoms. The Bertz CT molecular complexity index is 1020. The first-order chi connectivity index (χ1) is 16.4. The Hall–Kier alpha value is -3.35. The van der Waals surface area contributed by atoms with Crippen LogP contribution in [0.3, 0.4) is 0 Å². The number of hydrogen-bond donors (Lipinski definition) is 3. The lowest BCUT2D eigenvalue weighted by Crippen LogP contribution is -2.53. The molecule has 2 aliphatic rings. The normalized spacial score (nSPS) is 16.1. The van der Waals surface area contributed by atoms with E-state index in [9.17, 15) is 19.5 Å². The van der Waals surface area contributed by atoms with Crippen LogP contribution >= 0.6 is 0 Å². The van der Waals surface area contributed by atoms with Crippen molar-refractivity contribution in [1.82, 2.24) is 10.6 Å². The molecule has 0 radical (unpaired) electrons. The molecule has 0 aliphatic heterocycles. The largest absolute Gasteiger partial charge is 0.480 e. The van der Waals surface area contributed by atoms with Crippen LogP contribution < -0.4 is 10.6 Å². The Labute approximate surface area is 199 Å². The van der Waals surface area contributed by atoms with E-state index in [-0.39, 0.29) is 30.8 Å². The number of carboxylic acid groups (broad SMARTS) is 1. The van der Waals surface area contributed by atoms with Gasteiger partial charge < -0.3 is 20.5 Å². The number of benzene rings is 2. The van der Waals surface area contributed by atoms with Crippen LogP contribution in [0.5, 0.6) is 0 Å². The van der Waals surface area contributed by atoms with Gasteiger partial charge in [0.15, 0.2) is 0 Å². The molecule has 3 N–H and O–H groups in total. The molecule has 2 amide bonds. The van der Waals surface area contributed by atoms with Gasteiger partial charge in [0, 0.05) is 18.9 Å². The summed E-state index contributed by atoms with van der Waals surface area (Å²) in [5.74, 6) is -1.16. The van der Waals surface area contributed by atoms with E-state index in [1.54, 1.807) is 6.92 Å². The lowest BCUT2D eigenvalue weighted by Gasteiger charge is -2.26. The number of alkyl carbamates (subject to hydrolysis) is 1. The van der Waals surface area contributed by atoms with Crippen molar-refractivity contribution in [3.8, 4) is 11.1 Å². The van der Waals surface area contributed by atoms with Gasteiger partial charge in [-0.1, -0.05) is 55.0 Å². The van der Waals surface area contributed by atoms with Crippen molar-refractivity contribution in [2.24, 2.45) is 5.92 Å². The van der Waals surface area contributed by atoms with Crippen molar-refractivity contribution >= 4 is 18.0 Å². The minimum absolute atomic E-state index is 0.0235. The molecule has 34 heavy (non-hydrogen) atoms. The van der Waals surface area contributed by atoms with Gasteiger partial charge in [0.05, 0.1) is 0 Å². The summed E-state index contributed by atoms with van der Waals surface area (Å²) in [5, 5.41) is 14.9. The van der Waals surface area contributed by atoms with Gasteiger partial charge in [0.25, 0.3) is 0 Å². The quantitative estimate of drug-likeness (QED) is 0.426. The summed E-state index contributed by atoms with van der Waals surface area (Å²) < 4.78 is 5.52. The van der Waals surface area contributed by atoms with Gasteiger partial charge in [-0.15, -0.1) is 0 Å². The number of nitrogens with one attached hydrogen (secondary N) is 2. The third-order valence-electron chi connectivity index (χ3n) is 6.93. The maximum atomic E-state index is 12.2. The summed E-state index contributed by atoms with van der Waals surface area (Å²) in [4.78, 5) is 35.9. The SMILES string of the molecule is CC(NC(=O)CCCCCNC(=O)OCC1c2ccccc2-c2ccccc21)(C(=O)O)C1CC1. The van der Waals surface area contributed by atoms with E-state index in [1.807, 2.05) is 24.3 Å². The maximum absolute atomic E-state index is 12.2. The van der Waals surface area contributed by atoms with Crippen LogP contribution in [0.1, 0.15) is 62.5 Å². The smallest absolute Gasteiger partial charge is 0.407 e. The lowest BCUT2D eigenvalue weighted by atomic mass is 9.95. The van der Waals surface area contributed by atoms with E-state index < -0.39 is 17.6 Å². The van der Waals surface area contributed by atoms with Crippen molar-refractivity contribution in [1.29, 1.82) is 0 Å². The zero-order valence-corrected chi connectivity index (χ0v) is 19.5. The molecule has 1 atom stereocenters. The summed E-state index contributed by atoms with van der Waals surface area (Å²) in [6, 6.07) is 16.4. The number of fused-ring (bicyclic) bond motifs is 3. The molecule has 1 saturated carbocycles. The van der Waals surface area contributed by atoms with Crippen LogP contribution in [0.15, 0.2) is 48.5 Å². The second kappa shape index (κ2) is 10.3. The molecular weight excluding hydrogens is 432 g/mol. The predicted octanol–water partition coefficient (Wildman–Crippen LogP) is 4.46. The first kappa shape index (κ1) is 23.8. The molecular formula is C27H32N2O5. The number of hydrogen-bond acceptors (Lipinski definition) is 4. The van der Waals surface area contributed by atoms with Crippen LogP contribution in [0, 0.1) is 5.92 Å². The predicted molar refractivity (Wildman–Crippen MR) is 128 cm³/mol. The third kappa shape index (κ3) is 5.24. The third-order valence-corrected chi connectivity index (χ3v) is 6.93. The summed E-state index contributed by atoms with van der Waals surface area (Å²) in [6.45, 7) is 2.33. The molecule has 7 heteroatoms. The fraction of sp³-hybridized carbons (Fsp3) is 0.444. The first-order valence-corrected chi connectivity index (χ1v) is 12.0. The molecule has 4 rings (SSSR count). The van der Waals surface area contributed by atoms with E-state index in [0.717, 1.165) is 25.7 Å². The highest BCUT2D eigenvalue weighted by atomic mass is 16.5. The highest BCUT2D eigenvalue weighted by molar-refractivity contribution is 5.87. The monoisotopic (exact) mass is 464 g/mol. The van der Waals surface area contributed by atoms with Crippen LogP contribution in [0.2, 0.25) is 0 Å². The number of carbonyl (C=O) groups excluding carboxylic acids is 2. The molecule has 0 heterocycles. The summed E-state index contributed by atoms with van der Waals surface area (Å²) in [7, 11) is 0. The topological polar surface area (TPSA) is 105 Å². The highest BCUT2D eigenvalue weighted by Crippen LogP contribution is 2.44. The summed E-state index contributed by atoms with van der Waals surface area (Å²) in [5.41, 5.74) is 3.57. The molecule has 0 aromatic heterocycles. The number of ether oxygens (including phenoxy) is 1. The van der Waals surface area contributed by atoms with Crippen LogP contribution in [-0.4, -0.2) is 41.8 Å². The van der Waals surface area contributed by atoms with E-state index in [1.165, 1.54) is 22.3 Å². The van der Waals surface area contributed by atoms with Gasteiger partial charge in [-0.05, 0) is 60.8 Å². The van der Waals surface area contributed by atoms with Gasteiger partial charge in [0.2, 0.25) is 5.91 Å². The molecule has 2 aromatic rings. The number of rotatable bonds is 11. The van der Waals surface area contributed by atoms with Gasteiger partial charge in [0.1, 0.15) is 12.1 Å². The fourth-order valence-electron chi connectivity index (χ4n) is 4.77. The highest BCUT2D eigenvalue weighted by Gasteiger charge is 2.48. The van der Waals surface area contributed by atoms with Gasteiger partial charge >= 0.3 is 12.1 Å². The number of carboxylic acids is 1. The fourth-order valence-corrected chi connectivity index (χ4v) is 4.77. The van der Waals surface area contributed by atoms with Crippen molar-refractivity contribution in [2.75, 3.05) is 13.2 Å². The second-order valence-electron chi connectivity index (χ2n) is 9.39. The second-order valence-corrected chi connectivity index (χ2v) is 9.39. The molecule has 0 spiro atoms. The molecule has 1 unspecified atom stereocenters. The van der Waals surface area contributed by atoms with Gasteiger partial charge in [-0.25, -0.2) is 9.59 Å². The standard InChI is InChI=1S/C27H32N2O5/c1-27(25(31)32,18-14-15-18)29-24(30)13-3-2-8-16-28-26(33)34-17-23-21-11-6-4-9-19(21)20-10-5-7-12-22(20)23/h4-7,9-12,18,23H,2-3,8,13-17H2,1H3,(H,28,33)(H,29,30)(H,31,32). The zero-order chi connectivity index (χ0) is 24.1. The Morgan fingerprint density at radius 1 is 0.971 bits per heavy atom. The molecule has 0 saturated heterocycles. The summed E-state index contributed by atoms with van der Waals surface area (Å²) in [6.07, 6.45) is 3.62. The maximum Gasteiger partial charge on any atom is 0.407 e. The van der Waals surface area contributed by atoms with Crippen molar-refractivity contribution in [3.63, 3.8) is 0 Å². The van der Waals surface area contributed by atoms with Crippen LogP contribution in [0.25, 0.3) is 11.1 Å². The van der Waals surface area contributed by atoms with E-state index in [0.29, 0.717) is 13.0 Å². The Morgan fingerprint density at radius 2 is 1.59 bits per heavy atom. The molecule has 2 aliphatic carbocycles. The minimum atomic E-state index is -1.16. The first-order valence-electron chi connectivity index (χ1n) is 12.0. The number of carbonyl (C=O) groups is 3. The van der Waals surface area contributed by atoms with E-state index in [4.69, 9.17) is 4.74 Å². The zero-order valence-electron chi connectivity index (χ0n) is 19.5. The minimum Gasteiger partial charge on any atom is -0.480 e. The van der Waals surface area contributed by atoms with Gasteiger partial charge in [-0.2, -0.15) is 0 Å². The number of amides is 2. The van der Waals surface area contributed by atoms with E-state index in [2.05, 4.69) is 34.9 Å². The average Bonchev–Trinajstić information content (AvgIpc) is 3.64. The Balaban J connectivity index is 1.14. The van der Waals surface area contributed by atoms with Crippen molar-refractivity contribution < 1.29 is 24.2 Å². The number of unbranched alkanes of at least 4 members (excludes halogenated alkanes) is 2. The van der Waals surface area contributed by atoms with Crippen molar-refractivity contribution in [3.05, 3.63) is 59.7 Å². The van der Waals surface area contributed by atoms with Crippen LogP contribution in [0.4, 0.5) is 4.79 Å². The number of aliphatic carboxylic acids is 1. The average molecular weight is 465 g/mol. The molecule has 180 valence electrons. The van der Waals surface area contributed by atoms with Gasteiger partial charge in [-0.3, -0.25) is 4.79 Å². The van der Waals surface area contributed by atoms with E-state index >= 15 is 0 Å². The van der Waals surface area contributed by atoms with Crippen molar-refractivity contribution in [2.45, 2.75) is 56.9 Å². The molecule has 7 nitrogen and oxygen atoms in total. The lowest BCUT2D eigenvalue weighted by molar-refractivity contribution is -0.147. The Kier molecular flexibility index (Phi) is 7.20. The summed E-state index contributed by atoms with van der Waals surface area (Å²) >= 11 is 0. The Morgan fingerprint density at radius 3 is 2.18 bits per heavy atom. The van der Waals surface area contributed by atoms with Crippen LogP contribution in [-0.2, 0) is 14.3 Å².